The summed E-state index contributed by atoms with van der Waals surface area (Å²) in [7, 11) is 2.06. The monoisotopic (exact) mass is 485 g/mol. The fourth-order valence-electron chi connectivity index (χ4n) is 3.83. The Hall–Kier alpha value is -3.94. The summed E-state index contributed by atoms with van der Waals surface area (Å²) < 4.78 is 5.79. The van der Waals surface area contributed by atoms with Crippen LogP contribution in [0.2, 0.25) is 0 Å². The van der Waals surface area contributed by atoms with Crippen molar-refractivity contribution < 1.29 is 9.53 Å². The van der Waals surface area contributed by atoms with Crippen LogP contribution in [0.5, 0.6) is 6.01 Å². The van der Waals surface area contributed by atoms with E-state index in [4.69, 9.17) is 4.74 Å². The molecule has 3 aromatic heterocycles. The van der Waals surface area contributed by atoms with Gasteiger partial charge in [-0.2, -0.15) is 10.2 Å². The average Bonchev–Trinajstić information content (AvgIpc) is 3.32. The van der Waals surface area contributed by atoms with Gasteiger partial charge >= 0.3 is 6.01 Å². The summed E-state index contributed by atoms with van der Waals surface area (Å²) in [6.07, 6.45) is 3.28. The van der Waals surface area contributed by atoms with Crippen molar-refractivity contribution in [2.75, 3.05) is 33.2 Å². The van der Waals surface area contributed by atoms with Gasteiger partial charge in [0.15, 0.2) is 0 Å². The van der Waals surface area contributed by atoms with Gasteiger partial charge in [-0.05, 0) is 42.9 Å². The molecule has 0 saturated carbocycles. The first kappa shape index (κ1) is 22.8. The summed E-state index contributed by atoms with van der Waals surface area (Å²) in [5.41, 5.74) is 2.83. The van der Waals surface area contributed by atoms with Crippen molar-refractivity contribution in [3.05, 3.63) is 76.7 Å². The highest BCUT2D eigenvalue weighted by atomic mass is 32.1. The normalized spacial score (nSPS) is 15.0. The zero-order chi connectivity index (χ0) is 24.2. The molecule has 35 heavy (non-hydrogen) atoms. The SMILES string of the molecule is CN1CCN(C(=O)c2ccc(COc3nccc(C(C#N)c4nc5cccnc5s4)n3)cc2)CC1. The number of pyridine rings is 1. The number of nitrogens with zero attached hydrogens (tertiary/aromatic N) is 7. The van der Waals surface area contributed by atoms with E-state index in [1.165, 1.54) is 11.3 Å². The van der Waals surface area contributed by atoms with Gasteiger partial charge in [0.2, 0.25) is 0 Å². The molecule has 10 heteroatoms. The van der Waals surface area contributed by atoms with E-state index >= 15 is 0 Å². The lowest BCUT2D eigenvalue weighted by atomic mass is 10.1. The number of carbonyl (C=O) groups is 1. The van der Waals surface area contributed by atoms with Gasteiger partial charge in [0.1, 0.15) is 27.9 Å². The van der Waals surface area contributed by atoms with E-state index in [-0.39, 0.29) is 18.5 Å². The Labute approximate surface area is 206 Å². The van der Waals surface area contributed by atoms with Crippen molar-refractivity contribution in [2.45, 2.75) is 12.5 Å². The molecule has 1 amide bonds. The van der Waals surface area contributed by atoms with Crippen LogP contribution in [-0.4, -0.2) is 68.9 Å². The molecule has 5 rings (SSSR count). The van der Waals surface area contributed by atoms with Crippen LogP contribution < -0.4 is 4.74 Å². The van der Waals surface area contributed by atoms with E-state index in [0.29, 0.717) is 16.3 Å². The molecule has 0 N–H and O–H groups in total. The molecule has 1 aliphatic rings. The van der Waals surface area contributed by atoms with E-state index in [1.807, 2.05) is 41.3 Å². The molecule has 1 fully saturated rings. The molecular weight excluding hydrogens is 462 g/mol. The van der Waals surface area contributed by atoms with Gasteiger partial charge < -0.3 is 14.5 Å². The third-order valence-corrected chi connectivity index (χ3v) is 6.91. The predicted molar refractivity (Wildman–Crippen MR) is 131 cm³/mol. The lowest BCUT2D eigenvalue weighted by Gasteiger charge is -2.32. The lowest BCUT2D eigenvalue weighted by Crippen LogP contribution is -2.47. The maximum absolute atomic E-state index is 12.7. The van der Waals surface area contributed by atoms with E-state index in [2.05, 4.69) is 38.0 Å². The molecule has 1 aromatic carbocycles. The maximum atomic E-state index is 12.7. The van der Waals surface area contributed by atoms with Gasteiger partial charge in [-0.3, -0.25) is 4.79 Å². The molecule has 1 atom stereocenters. The van der Waals surface area contributed by atoms with Crippen LogP contribution in [-0.2, 0) is 6.61 Å². The highest BCUT2D eigenvalue weighted by molar-refractivity contribution is 7.18. The number of amides is 1. The standard InChI is InChI=1S/C25H23N7O2S/c1-31-11-13-32(14-12-31)24(33)18-6-4-17(5-7-18)16-34-25-28-10-8-20(30-25)19(15-26)22-29-21-3-2-9-27-23(21)35-22/h2-10,19H,11-14,16H2,1H3. The van der Waals surface area contributed by atoms with Gasteiger partial charge in [0, 0.05) is 44.1 Å². The summed E-state index contributed by atoms with van der Waals surface area (Å²) in [6.45, 7) is 3.50. The van der Waals surface area contributed by atoms with Gasteiger partial charge in [0.25, 0.3) is 5.91 Å². The second-order valence-electron chi connectivity index (χ2n) is 8.29. The lowest BCUT2D eigenvalue weighted by molar-refractivity contribution is 0.0664. The summed E-state index contributed by atoms with van der Waals surface area (Å²) >= 11 is 1.38. The zero-order valence-corrected chi connectivity index (χ0v) is 20.0. The fraction of sp³-hybridized carbons (Fsp3) is 0.280. The largest absolute Gasteiger partial charge is 0.459 e. The minimum Gasteiger partial charge on any atom is -0.459 e. The summed E-state index contributed by atoms with van der Waals surface area (Å²) in [5.74, 6) is -0.589. The molecule has 0 bridgehead atoms. The smallest absolute Gasteiger partial charge is 0.316 e. The number of piperazine rings is 1. The number of ether oxygens (including phenoxy) is 1. The molecule has 1 saturated heterocycles. The number of carbonyl (C=O) groups excluding carboxylic acids is 1. The number of fused-ring (bicyclic) bond motifs is 1. The van der Waals surface area contributed by atoms with Crippen LogP contribution in [0.15, 0.2) is 54.9 Å². The Morgan fingerprint density at radius 1 is 1.09 bits per heavy atom. The molecule has 0 spiro atoms. The van der Waals surface area contributed by atoms with Gasteiger partial charge in [-0.25, -0.2) is 15.0 Å². The Morgan fingerprint density at radius 3 is 2.63 bits per heavy atom. The van der Waals surface area contributed by atoms with Gasteiger partial charge in [-0.15, -0.1) is 0 Å². The predicted octanol–water partition coefficient (Wildman–Crippen LogP) is 3.10. The number of rotatable bonds is 6. The highest BCUT2D eigenvalue weighted by Gasteiger charge is 2.22. The van der Waals surface area contributed by atoms with Crippen LogP contribution in [0.1, 0.15) is 32.5 Å². The number of benzene rings is 1. The van der Waals surface area contributed by atoms with E-state index in [9.17, 15) is 10.1 Å². The van der Waals surface area contributed by atoms with E-state index in [1.54, 1.807) is 18.5 Å². The Bertz CT molecular complexity index is 1340. The minimum absolute atomic E-state index is 0.0502. The Balaban J connectivity index is 1.24. The Kier molecular flexibility index (Phi) is 6.61. The summed E-state index contributed by atoms with van der Waals surface area (Å²) in [5, 5.41) is 10.4. The number of likely N-dealkylation sites (N-methyl/N-ethyl adjacent to an activating group) is 1. The van der Waals surface area contributed by atoms with E-state index < -0.39 is 5.92 Å². The van der Waals surface area contributed by atoms with Crippen LogP contribution in [0.25, 0.3) is 10.3 Å². The van der Waals surface area contributed by atoms with E-state index in [0.717, 1.165) is 42.1 Å². The third-order valence-electron chi connectivity index (χ3n) is 5.87. The summed E-state index contributed by atoms with van der Waals surface area (Å²) in [4.78, 5) is 35.1. The van der Waals surface area contributed by atoms with Crippen molar-refractivity contribution >= 4 is 27.6 Å². The summed E-state index contributed by atoms with van der Waals surface area (Å²) in [6, 6.07) is 15.2. The van der Waals surface area contributed by atoms with Crippen molar-refractivity contribution in [3.8, 4) is 12.1 Å². The number of hydrogen-bond acceptors (Lipinski definition) is 9. The molecule has 4 aromatic rings. The second-order valence-corrected chi connectivity index (χ2v) is 9.30. The van der Waals surface area contributed by atoms with Gasteiger partial charge in [0.05, 0.1) is 11.8 Å². The molecular formula is C25H23N7O2S. The molecule has 9 nitrogen and oxygen atoms in total. The van der Waals surface area contributed by atoms with Crippen molar-refractivity contribution in [3.63, 3.8) is 0 Å². The van der Waals surface area contributed by atoms with Gasteiger partial charge in [-0.1, -0.05) is 23.5 Å². The molecule has 176 valence electrons. The average molecular weight is 486 g/mol. The third kappa shape index (κ3) is 5.11. The zero-order valence-electron chi connectivity index (χ0n) is 19.2. The minimum atomic E-state index is -0.639. The van der Waals surface area contributed by atoms with Crippen molar-refractivity contribution in [2.24, 2.45) is 0 Å². The maximum Gasteiger partial charge on any atom is 0.316 e. The van der Waals surface area contributed by atoms with Crippen molar-refractivity contribution in [1.82, 2.24) is 29.7 Å². The first-order chi connectivity index (χ1) is 17.1. The quantitative estimate of drug-likeness (QED) is 0.410. The first-order valence-electron chi connectivity index (χ1n) is 11.2. The molecule has 0 aliphatic carbocycles. The molecule has 4 heterocycles. The van der Waals surface area contributed by atoms with Crippen LogP contribution >= 0.6 is 11.3 Å². The Morgan fingerprint density at radius 2 is 1.89 bits per heavy atom. The van der Waals surface area contributed by atoms with Crippen molar-refractivity contribution in [1.29, 1.82) is 5.26 Å². The van der Waals surface area contributed by atoms with Crippen LogP contribution in [0.3, 0.4) is 0 Å². The topological polar surface area (TPSA) is 108 Å². The molecule has 0 radical (unpaired) electrons. The molecule has 1 unspecified atom stereocenters. The number of aromatic nitrogens is 4. The van der Waals surface area contributed by atoms with Crippen LogP contribution in [0, 0.1) is 11.3 Å². The number of nitriles is 1. The second kappa shape index (κ2) is 10.1. The molecule has 1 aliphatic heterocycles. The number of thiazole rings is 1. The van der Waals surface area contributed by atoms with Crippen LogP contribution in [0.4, 0.5) is 0 Å². The highest BCUT2D eigenvalue weighted by Crippen LogP contribution is 2.30. The fourth-order valence-corrected chi connectivity index (χ4v) is 4.79. The first-order valence-corrected chi connectivity index (χ1v) is 12.1. The number of hydrogen-bond donors (Lipinski definition) is 0.